The molecule has 19 heavy (non-hydrogen) atoms. The van der Waals surface area contributed by atoms with E-state index in [0.717, 1.165) is 0 Å². The van der Waals surface area contributed by atoms with Crippen LogP contribution in [0.3, 0.4) is 0 Å². The molecule has 0 radical (unpaired) electrons. The van der Waals surface area contributed by atoms with Crippen LogP contribution in [0.4, 0.5) is 0 Å². The fourth-order valence-corrected chi connectivity index (χ4v) is 6.30. The summed E-state index contributed by atoms with van der Waals surface area (Å²) in [6.45, 7) is 8.95. The van der Waals surface area contributed by atoms with Crippen molar-refractivity contribution in [1.29, 1.82) is 0 Å². The Morgan fingerprint density at radius 2 is 1.47 bits per heavy atom. The minimum atomic E-state index is 0.281. The van der Waals surface area contributed by atoms with Gasteiger partial charge in [-0.05, 0) is 46.0 Å². The highest BCUT2D eigenvalue weighted by Gasteiger charge is 2.76. The summed E-state index contributed by atoms with van der Waals surface area (Å²) < 4.78 is 0. The third kappa shape index (κ3) is 1.09. The number of Topliss-reactive ketones (excluding diaryl/α,β-unsaturated/α-hetero) is 1. The molecule has 102 valence electrons. The van der Waals surface area contributed by atoms with Gasteiger partial charge >= 0.3 is 0 Å². The quantitative estimate of drug-likeness (QED) is 0.591. The summed E-state index contributed by atoms with van der Waals surface area (Å²) in [5.41, 5.74) is 6.50. The largest absolute Gasteiger partial charge is 0.299 e. The molecule has 5 fully saturated rings. The van der Waals surface area contributed by atoms with Crippen LogP contribution in [0.15, 0.2) is 22.3 Å². The lowest BCUT2D eigenvalue weighted by atomic mass is 9.69. The molecule has 4 bridgehead atoms. The van der Waals surface area contributed by atoms with Gasteiger partial charge in [0.15, 0.2) is 0 Å². The average molecular weight is 256 g/mol. The Morgan fingerprint density at radius 1 is 0.895 bits per heavy atom. The SMILES string of the molecule is CC(C)=C1[C@@H]2C(=C(C)C)[C@@H]3[C@H]1C(=O)[C@H]2C31CCCC1. The third-order valence-corrected chi connectivity index (χ3v) is 6.55. The molecule has 0 aromatic heterocycles. The van der Waals surface area contributed by atoms with Crippen LogP contribution in [0, 0.1) is 29.1 Å². The third-order valence-electron chi connectivity index (χ3n) is 6.55. The first-order chi connectivity index (χ1) is 9.00. The highest BCUT2D eigenvalue weighted by molar-refractivity contribution is 5.98. The van der Waals surface area contributed by atoms with E-state index in [4.69, 9.17) is 0 Å². The molecule has 0 N–H and O–H groups in total. The summed E-state index contributed by atoms with van der Waals surface area (Å²) in [5, 5.41) is 0. The van der Waals surface area contributed by atoms with Gasteiger partial charge in [-0.25, -0.2) is 0 Å². The van der Waals surface area contributed by atoms with Crippen molar-refractivity contribution >= 4 is 5.78 Å². The van der Waals surface area contributed by atoms with E-state index in [1.165, 1.54) is 42.4 Å². The van der Waals surface area contributed by atoms with Crippen molar-refractivity contribution in [2.75, 3.05) is 0 Å². The molecule has 0 aliphatic heterocycles. The van der Waals surface area contributed by atoms with E-state index in [1.807, 2.05) is 0 Å². The first-order valence-electron chi connectivity index (χ1n) is 7.89. The Bertz CT molecular complexity index is 534. The number of carbonyl (C=O) groups excluding carboxylic acids is 1. The van der Waals surface area contributed by atoms with Gasteiger partial charge in [-0.1, -0.05) is 35.1 Å². The molecule has 0 amide bonds. The predicted molar refractivity (Wildman–Crippen MR) is 76.6 cm³/mol. The molecule has 5 aliphatic rings. The zero-order chi connectivity index (χ0) is 13.5. The van der Waals surface area contributed by atoms with Crippen LogP contribution in [0.25, 0.3) is 0 Å². The van der Waals surface area contributed by atoms with Gasteiger partial charge in [0.1, 0.15) is 5.78 Å². The Balaban J connectivity index is 1.97. The number of hydrogen-bond acceptors (Lipinski definition) is 1. The van der Waals surface area contributed by atoms with Crippen LogP contribution in [0.5, 0.6) is 0 Å². The minimum Gasteiger partial charge on any atom is -0.299 e. The summed E-state index contributed by atoms with van der Waals surface area (Å²) in [4.78, 5) is 12.8. The van der Waals surface area contributed by atoms with Gasteiger partial charge < -0.3 is 0 Å². The van der Waals surface area contributed by atoms with Gasteiger partial charge in [-0.2, -0.15) is 0 Å². The molecule has 1 heteroatoms. The molecule has 0 aromatic rings. The lowest BCUT2D eigenvalue weighted by Crippen LogP contribution is -2.28. The van der Waals surface area contributed by atoms with E-state index in [0.29, 0.717) is 29.0 Å². The fourth-order valence-electron chi connectivity index (χ4n) is 6.30. The van der Waals surface area contributed by atoms with E-state index in [1.54, 1.807) is 5.57 Å². The smallest absolute Gasteiger partial charge is 0.145 e. The first-order valence-corrected chi connectivity index (χ1v) is 7.89. The van der Waals surface area contributed by atoms with Gasteiger partial charge in [0.25, 0.3) is 0 Å². The van der Waals surface area contributed by atoms with Crippen molar-refractivity contribution in [3.8, 4) is 0 Å². The Labute approximate surface area is 116 Å². The second kappa shape index (κ2) is 3.42. The van der Waals surface area contributed by atoms with Crippen molar-refractivity contribution in [3.05, 3.63) is 22.3 Å². The maximum absolute atomic E-state index is 12.8. The van der Waals surface area contributed by atoms with Crippen molar-refractivity contribution in [3.63, 3.8) is 0 Å². The van der Waals surface area contributed by atoms with Crippen molar-refractivity contribution in [2.45, 2.75) is 53.4 Å². The van der Waals surface area contributed by atoms with Crippen molar-refractivity contribution in [2.24, 2.45) is 29.1 Å². The van der Waals surface area contributed by atoms with Crippen LogP contribution in [-0.4, -0.2) is 5.78 Å². The molecule has 0 heterocycles. The second-order valence-electron chi connectivity index (χ2n) is 7.66. The molecular weight excluding hydrogens is 232 g/mol. The number of rotatable bonds is 0. The molecule has 1 spiro atoms. The van der Waals surface area contributed by atoms with Gasteiger partial charge in [-0.3, -0.25) is 4.79 Å². The summed E-state index contributed by atoms with van der Waals surface area (Å²) in [7, 11) is 0. The zero-order valence-electron chi connectivity index (χ0n) is 12.5. The lowest BCUT2D eigenvalue weighted by molar-refractivity contribution is -0.123. The average Bonchev–Trinajstić information content (AvgIpc) is 3.04. The van der Waals surface area contributed by atoms with E-state index in [-0.39, 0.29) is 5.92 Å². The van der Waals surface area contributed by atoms with Crippen molar-refractivity contribution < 1.29 is 4.79 Å². The van der Waals surface area contributed by atoms with Gasteiger partial charge in [-0.15, -0.1) is 0 Å². The number of hydrogen-bond donors (Lipinski definition) is 0. The first kappa shape index (κ1) is 11.9. The molecule has 0 aromatic carbocycles. The molecule has 1 nitrogen and oxygen atoms in total. The normalized spacial score (nSPS) is 41.2. The highest BCUT2D eigenvalue weighted by atomic mass is 16.1. The lowest BCUT2D eigenvalue weighted by Gasteiger charge is -2.33. The molecule has 4 atom stereocenters. The minimum absolute atomic E-state index is 0.281. The van der Waals surface area contributed by atoms with E-state index in [9.17, 15) is 4.79 Å². The second-order valence-corrected chi connectivity index (χ2v) is 7.66. The maximum Gasteiger partial charge on any atom is 0.145 e. The molecular formula is C18H24O. The van der Waals surface area contributed by atoms with Crippen LogP contribution < -0.4 is 0 Å². The molecule has 0 unspecified atom stereocenters. The topological polar surface area (TPSA) is 17.1 Å². The van der Waals surface area contributed by atoms with E-state index >= 15 is 0 Å². The highest BCUT2D eigenvalue weighted by Crippen LogP contribution is 2.78. The molecule has 5 saturated carbocycles. The maximum atomic E-state index is 12.8. The van der Waals surface area contributed by atoms with Gasteiger partial charge in [0, 0.05) is 23.7 Å². The summed E-state index contributed by atoms with van der Waals surface area (Å²) in [6.07, 6.45) is 5.32. The summed E-state index contributed by atoms with van der Waals surface area (Å²) >= 11 is 0. The van der Waals surface area contributed by atoms with Crippen LogP contribution >= 0.6 is 0 Å². The van der Waals surface area contributed by atoms with Crippen LogP contribution in [0.1, 0.15) is 53.4 Å². The fraction of sp³-hybridized carbons (Fsp3) is 0.722. The van der Waals surface area contributed by atoms with Crippen molar-refractivity contribution in [1.82, 2.24) is 0 Å². The predicted octanol–water partition coefficient (Wildman–Crippen LogP) is 4.29. The molecule has 5 rings (SSSR count). The number of ketones is 1. The standard InChI is InChI=1S/C18H24O/c1-9(2)11-13-12(10(3)4)15-14(11)17(19)16(13)18(15)7-5-6-8-18/h13-16H,5-8H2,1-4H3/t13-,14+,15-,16+/m1/s1. The Kier molecular flexibility index (Phi) is 2.15. The molecule has 0 saturated heterocycles. The van der Waals surface area contributed by atoms with Gasteiger partial charge in [0.05, 0.1) is 0 Å². The monoisotopic (exact) mass is 256 g/mol. The Hall–Kier alpha value is -0.850. The van der Waals surface area contributed by atoms with Crippen LogP contribution in [-0.2, 0) is 4.79 Å². The summed E-state index contributed by atoms with van der Waals surface area (Å²) in [5.74, 6) is 2.35. The zero-order valence-corrected chi connectivity index (χ0v) is 12.5. The Morgan fingerprint density at radius 3 is 2.00 bits per heavy atom. The van der Waals surface area contributed by atoms with Gasteiger partial charge in [0.2, 0.25) is 0 Å². The van der Waals surface area contributed by atoms with E-state index in [2.05, 4.69) is 27.7 Å². The van der Waals surface area contributed by atoms with E-state index < -0.39 is 0 Å². The van der Waals surface area contributed by atoms with Crippen LogP contribution in [0.2, 0.25) is 0 Å². The number of carbonyl (C=O) groups is 1. The number of allylic oxidation sites excluding steroid dienone is 4. The summed E-state index contributed by atoms with van der Waals surface area (Å²) in [6, 6.07) is 0. The molecule has 5 aliphatic carbocycles.